The second-order valence-corrected chi connectivity index (χ2v) is 11.5. The first-order valence-corrected chi connectivity index (χ1v) is 12.5. The predicted molar refractivity (Wildman–Crippen MR) is 120 cm³/mol. The first-order valence-electron chi connectivity index (χ1n) is 12.5. The van der Waals surface area contributed by atoms with Gasteiger partial charge in [0.05, 0.1) is 17.9 Å². The lowest BCUT2D eigenvalue weighted by Gasteiger charge is -2.37. The van der Waals surface area contributed by atoms with Gasteiger partial charge in [0, 0.05) is 17.6 Å². The fourth-order valence-electron chi connectivity index (χ4n) is 6.76. The maximum atomic E-state index is 13.9. The fourth-order valence-corrected chi connectivity index (χ4v) is 6.76. The van der Waals surface area contributed by atoms with Crippen LogP contribution < -0.4 is 10.6 Å². The summed E-state index contributed by atoms with van der Waals surface area (Å²) in [4.78, 5) is 42.7. The normalized spacial score (nSPS) is 37.2. The van der Waals surface area contributed by atoms with E-state index in [1.165, 1.54) is 6.42 Å². The van der Waals surface area contributed by atoms with E-state index < -0.39 is 35.1 Å². The number of fused-ring (bicyclic) bond motifs is 1. The van der Waals surface area contributed by atoms with Gasteiger partial charge in [0.2, 0.25) is 17.7 Å². The summed E-state index contributed by atoms with van der Waals surface area (Å²) in [6, 6.07) is -0.509. The molecule has 2 bridgehead atoms. The summed E-state index contributed by atoms with van der Waals surface area (Å²) in [7, 11) is 0. The van der Waals surface area contributed by atoms with Crippen LogP contribution in [0.15, 0.2) is 12.2 Å². The van der Waals surface area contributed by atoms with Crippen molar-refractivity contribution in [1.82, 2.24) is 15.5 Å². The van der Waals surface area contributed by atoms with Crippen LogP contribution in [-0.2, 0) is 19.1 Å². The van der Waals surface area contributed by atoms with Crippen molar-refractivity contribution < 1.29 is 19.1 Å². The topological polar surface area (TPSA) is 87.7 Å². The number of hydrogen-bond acceptors (Lipinski definition) is 4. The van der Waals surface area contributed by atoms with E-state index in [0.717, 1.165) is 51.4 Å². The van der Waals surface area contributed by atoms with Gasteiger partial charge in [-0.05, 0) is 46.5 Å². The molecule has 7 heteroatoms. The van der Waals surface area contributed by atoms with E-state index in [2.05, 4.69) is 10.6 Å². The third kappa shape index (κ3) is 3.47. The third-order valence-electron chi connectivity index (χ3n) is 8.03. The average molecular weight is 444 g/mol. The molecule has 5 atom stereocenters. The van der Waals surface area contributed by atoms with E-state index in [1.807, 2.05) is 32.9 Å². The number of amides is 3. The van der Waals surface area contributed by atoms with Crippen LogP contribution in [0.4, 0.5) is 0 Å². The number of nitrogens with zero attached hydrogens (tertiary/aromatic N) is 1. The van der Waals surface area contributed by atoms with E-state index in [0.29, 0.717) is 0 Å². The van der Waals surface area contributed by atoms with Crippen molar-refractivity contribution in [3.8, 4) is 0 Å². The molecule has 0 aromatic rings. The number of nitrogens with one attached hydrogen (secondary N) is 2. The van der Waals surface area contributed by atoms with Crippen molar-refractivity contribution >= 4 is 17.7 Å². The lowest BCUT2D eigenvalue weighted by atomic mass is 9.74. The summed E-state index contributed by atoms with van der Waals surface area (Å²) >= 11 is 0. The molecule has 0 radical (unpaired) electrons. The average Bonchev–Trinajstić information content (AvgIpc) is 3.48. The monoisotopic (exact) mass is 443 g/mol. The Labute approximate surface area is 190 Å². The van der Waals surface area contributed by atoms with E-state index in [9.17, 15) is 14.4 Å². The minimum Gasteiger partial charge on any atom is -0.359 e. The van der Waals surface area contributed by atoms with Crippen LogP contribution >= 0.6 is 0 Å². The maximum absolute atomic E-state index is 13.9. The number of carbonyl (C=O) groups is 3. The second-order valence-electron chi connectivity index (χ2n) is 11.5. The van der Waals surface area contributed by atoms with E-state index in [1.54, 1.807) is 4.90 Å². The molecule has 2 saturated carbocycles. The molecule has 1 spiro atoms. The summed E-state index contributed by atoms with van der Waals surface area (Å²) in [6.45, 7) is 5.83. The smallest absolute Gasteiger partial charge is 0.246 e. The number of rotatable bonds is 4. The van der Waals surface area contributed by atoms with Gasteiger partial charge >= 0.3 is 0 Å². The number of hydrogen-bond donors (Lipinski definition) is 2. The van der Waals surface area contributed by atoms with Crippen LogP contribution in [0.1, 0.15) is 78.6 Å². The van der Waals surface area contributed by atoms with Crippen LogP contribution in [0.5, 0.6) is 0 Å². The standard InChI is InChI=1S/C25H37N3O4/c1-24(2,3)27-22(30)20-25-14-13-17(32-25)18(21(29)26-15-9-5-4-6-10-15)19(25)23(31)28(20)16-11-7-8-12-16/h13-20H,4-12H2,1-3H3,(H,26,29)(H,27,30)/t17-,18-,19-,20+,25+/m1/s1. The van der Waals surface area contributed by atoms with Gasteiger partial charge in [-0.15, -0.1) is 0 Å². The molecule has 0 aromatic heterocycles. The molecular weight excluding hydrogens is 406 g/mol. The highest BCUT2D eigenvalue weighted by molar-refractivity contribution is 6.00. The highest BCUT2D eigenvalue weighted by Crippen LogP contribution is 2.56. The highest BCUT2D eigenvalue weighted by Gasteiger charge is 2.73. The molecular formula is C25H37N3O4. The van der Waals surface area contributed by atoms with Gasteiger partial charge in [-0.1, -0.05) is 44.3 Å². The van der Waals surface area contributed by atoms with Crippen molar-refractivity contribution in [2.45, 2.75) is 114 Å². The first-order chi connectivity index (χ1) is 15.2. The SMILES string of the molecule is CC(C)(C)NC(=O)[C@@H]1N(C2CCCC2)C(=O)[C@H]2[C@H](C(=O)NC3CCCCC3)[C@H]3C=C[C@@]12O3. The lowest BCUT2D eigenvalue weighted by molar-refractivity contribution is -0.144. The number of likely N-dealkylation sites (tertiary alicyclic amines) is 1. The number of carbonyl (C=O) groups excluding carboxylic acids is 3. The molecule has 176 valence electrons. The summed E-state index contributed by atoms with van der Waals surface area (Å²) in [6.07, 6.45) is 12.8. The van der Waals surface area contributed by atoms with Crippen LogP contribution in [-0.4, -0.2) is 58.0 Å². The quantitative estimate of drug-likeness (QED) is 0.654. The molecule has 2 aliphatic carbocycles. The molecule has 3 heterocycles. The maximum Gasteiger partial charge on any atom is 0.246 e. The molecule has 3 amide bonds. The van der Waals surface area contributed by atoms with Crippen molar-refractivity contribution in [3.63, 3.8) is 0 Å². The van der Waals surface area contributed by atoms with Gasteiger partial charge in [-0.3, -0.25) is 14.4 Å². The Kier molecular flexibility index (Phi) is 5.38. The molecule has 4 fully saturated rings. The Morgan fingerprint density at radius 2 is 1.69 bits per heavy atom. The molecule has 3 aliphatic heterocycles. The molecule has 5 rings (SSSR count). The Morgan fingerprint density at radius 1 is 1.03 bits per heavy atom. The Balaban J connectivity index is 1.46. The Hall–Kier alpha value is -1.89. The second kappa shape index (κ2) is 7.86. The molecule has 7 nitrogen and oxygen atoms in total. The van der Waals surface area contributed by atoms with Crippen LogP contribution in [0.25, 0.3) is 0 Å². The van der Waals surface area contributed by atoms with Crippen LogP contribution in [0, 0.1) is 11.8 Å². The molecule has 0 unspecified atom stereocenters. The summed E-state index contributed by atoms with van der Waals surface area (Å²) in [5, 5.41) is 6.31. The van der Waals surface area contributed by atoms with Gasteiger partial charge in [0.25, 0.3) is 0 Å². The summed E-state index contributed by atoms with van der Waals surface area (Å²) in [5.41, 5.74) is -1.47. The summed E-state index contributed by atoms with van der Waals surface area (Å²) < 4.78 is 6.42. The zero-order valence-electron chi connectivity index (χ0n) is 19.6. The number of ether oxygens (including phenoxy) is 1. The Bertz CT molecular complexity index is 822. The minimum absolute atomic E-state index is 0.0382. The van der Waals surface area contributed by atoms with Crippen molar-refractivity contribution in [2.24, 2.45) is 11.8 Å². The van der Waals surface area contributed by atoms with Gasteiger partial charge in [0.15, 0.2) is 0 Å². The van der Waals surface area contributed by atoms with Crippen molar-refractivity contribution in [3.05, 3.63) is 12.2 Å². The van der Waals surface area contributed by atoms with Gasteiger partial charge in [-0.2, -0.15) is 0 Å². The van der Waals surface area contributed by atoms with Gasteiger partial charge in [0.1, 0.15) is 11.6 Å². The zero-order valence-corrected chi connectivity index (χ0v) is 19.6. The fraction of sp³-hybridized carbons (Fsp3) is 0.800. The molecule has 5 aliphatic rings. The van der Waals surface area contributed by atoms with Crippen molar-refractivity contribution in [1.29, 1.82) is 0 Å². The minimum atomic E-state index is -1.05. The van der Waals surface area contributed by atoms with Crippen molar-refractivity contribution in [2.75, 3.05) is 0 Å². The summed E-state index contributed by atoms with van der Waals surface area (Å²) in [5.74, 6) is -1.54. The zero-order chi connectivity index (χ0) is 22.7. The van der Waals surface area contributed by atoms with E-state index in [-0.39, 0.29) is 29.8 Å². The molecule has 2 saturated heterocycles. The van der Waals surface area contributed by atoms with Crippen LogP contribution in [0.2, 0.25) is 0 Å². The predicted octanol–water partition coefficient (Wildman–Crippen LogP) is 2.44. The largest absolute Gasteiger partial charge is 0.359 e. The Morgan fingerprint density at radius 3 is 2.34 bits per heavy atom. The highest BCUT2D eigenvalue weighted by atomic mass is 16.5. The molecule has 0 aromatic carbocycles. The lowest BCUT2D eigenvalue weighted by Crippen LogP contribution is -2.59. The third-order valence-corrected chi connectivity index (χ3v) is 8.03. The van der Waals surface area contributed by atoms with E-state index in [4.69, 9.17) is 4.74 Å². The van der Waals surface area contributed by atoms with Gasteiger partial charge < -0.3 is 20.3 Å². The van der Waals surface area contributed by atoms with Gasteiger partial charge in [-0.25, -0.2) is 0 Å². The first kappa shape index (κ1) is 21.9. The molecule has 2 N–H and O–H groups in total. The van der Waals surface area contributed by atoms with Crippen LogP contribution in [0.3, 0.4) is 0 Å². The molecule has 32 heavy (non-hydrogen) atoms. The van der Waals surface area contributed by atoms with E-state index >= 15 is 0 Å².